The van der Waals surface area contributed by atoms with Crippen LogP contribution in [0.25, 0.3) is 0 Å². The van der Waals surface area contributed by atoms with E-state index >= 15 is 0 Å². The van der Waals surface area contributed by atoms with E-state index in [0.717, 1.165) is 44.1 Å². The Hall–Kier alpha value is -1.81. The summed E-state index contributed by atoms with van der Waals surface area (Å²) in [6, 6.07) is 4.91. The Morgan fingerprint density at radius 2 is 1.73 bits per heavy atom. The van der Waals surface area contributed by atoms with Crippen molar-refractivity contribution in [1.82, 2.24) is 0 Å². The highest BCUT2D eigenvalue weighted by molar-refractivity contribution is 5.92. The van der Waals surface area contributed by atoms with E-state index < -0.39 is 5.97 Å². The van der Waals surface area contributed by atoms with E-state index in [1.165, 1.54) is 31.7 Å². The number of carboxylic acids is 1. The smallest absolute Gasteiger partial charge is 0.339 e. The third-order valence-corrected chi connectivity index (χ3v) is 4.60. The van der Waals surface area contributed by atoms with Crippen molar-refractivity contribution in [1.29, 1.82) is 0 Å². The van der Waals surface area contributed by atoms with E-state index in [0.29, 0.717) is 6.42 Å². The molecule has 4 heteroatoms. The molecule has 0 aliphatic carbocycles. The summed E-state index contributed by atoms with van der Waals surface area (Å²) in [5, 5.41) is 28.5. The maximum absolute atomic E-state index is 11.2. The normalized spacial score (nSPS) is 12.5. The van der Waals surface area contributed by atoms with Crippen LogP contribution in [0.3, 0.4) is 0 Å². The second-order valence-corrected chi connectivity index (χ2v) is 6.91. The molecule has 0 spiro atoms. The Labute approximate surface area is 157 Å². The molecule has 0 radical (unpaired) electrons. The molecule has 26 heavy (non-hydrogen) atoms. The fourth-order valence-corrected chi connectivity index (χ4v) is 3.15. The second-order valence-electron chi connectivity index (χ2n) is 6.91. The van der Waals surface area contributed by atoms with Gasteiger partial charge >= 0.3 is 5.97 Å². The molecule has 1 aromatic carbocycles. The van der Waals surface area contributed by atoms with Crippen LogP contribution in [0.15, 0.2) is 30.4 Å². The Kier molecular flexibility index (Phi) is 11.5. The summed E-state index contributed by atoms with van der Waals surface area (Å²) >= 11 is 0. The number of carbonyl (C=O) groups is 1. The minimum absolute atomic E-state index is 0.0459. The van der Waals surface area contributed by atoms with Gasteiger partial charge in [0.2, 0.25) is 0 Å². The number of carboxylic acid groups (broad SMARTS) is 1. The molecule has 1 atom stereocenters. The molecule has 3 N–H and O–H groups in total. The van der Waals surface area contributed by atoms with Gasteiger partial charge in [-0.2, -0.15) is 0 Å². The third-order valence-electron chi connectivity index (χ3n) is 4.60. The number of unbranched alkanes of at least 4 members (excludes halogenated alkanes) is 7. The van der Waals surface area contributed by atoms with Gasteiger partial charge in [0.1, 0.15) is 11.3 Å². The van der Waals surface area contributed by atoms with Crippen molar-refractivity contribution in [3.63, 3.8) is 0 Å². The molecule has 0 aliphatic heterocycles. The predicted molar refractivity (Wildman–Crippen MR) is 106 cm³/mol. The Morgan fingerprint density at radius 3 is 2.38 bits per heavy atom. The quantitative estimate of drug-likeness (QED) is 0.303. The van der Waals surface area contributed by atoms with Crippen LogP contribution in [0, 0.1) is 0 Å². The predicted octanol–water partition coefficient (Wildman–Crippen LogP) is 5.47. The highest BCUT2D eigenvalue weighted by Crippen LogP contribution is 2.23. The van der Waals surface area contributed by atoms with Gasteiger partial charge in [0.05, 0.1) is 6.10 Å². The number of rotatable bonds is 14. The summed E-state index contributed by atoms with van der Waals surface area (Å²) < 4.78 is 0. The van der Waals surface area contributed by atoms with Crippen molar-refractivity contribution in [2.24, 2.45) is 0 Å². The lowest BCUT2D eigenvalue weighted by atomic mass is 9.99. The number of aryl methyl sites for hydroxylation is 1. The first-order valence-electron chi connectivity index (χ1n) is 9.95. The summed E-state index contributed by atoms with van der Waals surface area (Å²) in [7, 11) is 0. The fourth-order valence-electron chi connectivity index (χ4n) is 3.15. The number of allylic oxidation sites excluding steroid dienone is 1. The lowest BCUT2D eigenvalue weighted by Crippen LogP contribution is -2.03. The molecular formula is C22H34O4. The zero-order chi connectivity index (χ0) is 19.2. The molecule has 0 bridgehead atoms. The summed E-state index contributed by atoms with van der Waals surface area (Å²) in [4.78, 5) is 11.2. The van der Waals surface area contributed by atoms with Crippen LogP contribution in [0.2, 0.25) is 0 Å². The first-order chi connectivity index (χ1) is 12.6. The standard InChI is InChI=1S/C22H34O4/c1-2-13-19(23)16-11-9-7-5-3-4-6-8-10-14-18-15-12-17-20(24)21(18)22(25)26/h11-12,15-17,19,23-24H,2-10,13-14H2,1H3,(H,25,26)/b16-11+. The molecule has 0 fully saturated rings. The van der Waals surface area contributed by atoms with E-state index in [9.17, 15) is 20.1 Å². The average molecular weight is 363 g/mol. The number of aromatic carboxylic acids is 1. The van der Waals surface area contributed by atoms with Gasteiger partial charge in [0, 0.05) is 0 Å². The third kappa shape index (κ3) is 9.04. The van der Waals surface area contributed by atoms with E-state index in [1.807, 2.05) is 6.08 Å². The molecule has 0 heterocycles. The van der Waals surface area contributed by atoms with Crippen LogP contribution in [0.1, 0.15) is 87.1 Å². The van der Waals surface area contributed by atoms with E-state index in [1.54, 1.807) is 12.1 Å². The van der Waals surface area contributed by atoms with Gasteiger partial charge in [-0.25, -0.2) is 4.79 Å². The largest absolute Gasteiger partial charge is 0.507 e. The van der Waals surface area contributed by atoms with E-state index in [-0.39, 0.29) is 17.4 Å². The van der Waals surface area contributed by atoms with Crippen molar-refractivity contribution in [3.8, 4) is 5.75 Å². The molecule has 1 rings (SSSR count). The van der Waals surface area contributed by atoms with Crippen molar-refractivity contribution < 1.29 is 20.1 Å². The minimum Gasteiger partial charge on any atom is -0.507 e. The Balaban J connectivity index is 2.07. The number of benzene rings is 1. The monoisotopic (exact) mass is 362 g/mol. The molecule has 0 amide bonds. The van der Waals surface area contributed by atoms with Crippen LogP contribution >= 0.6 is 0 Å². The summed E-state index contributed by atoms with van der Waals surface area (Å²) in [6.45, 7) is 2.08. The highest BCUT2D eigenvalue weighted by Gasteiger charge is 2.14. The number of hydrogen-bond acceptors (Lipinski definition) is 3. The van der Waals surface area contributed by atoms with Crippen molar-refractivity contribution in [3.05, 3.63) is 41.5 Å². The number of phenols is 1. The summed E-state index contributed by atoms with van der Waals surface area (Å²) in [5.41, 5.74) is 0.763. The molecule has 1 aromatic rings. The van der Waals surface area contributed by atoms with Gasteiger partial charge in [0.15, 0.2) is 0 Å². The average Bonchev–Trinajstić information content (AvgIpc) is 2.59. The van der Waals surface area contributed by atoms with E-state index in [4.69, 9.17) is 0 Å². The highest BCUT2D eigenvalue weighted by atomic mass is 16.4. The number of aromatic hydroxyl groups is 1. The Morgan fingerprint density at radius 1 is 1.08 bits per heavy atom. The van der Waals surface area contributed by atoms with Gasteiger partial charge in [-0.3, -0.25) is 0 Å². The van der Waals surface area contributed by atoms with Gasteiger partial charge < -0.3 is 15.3 Å². The zero-order valence-electron chi connectivity index (χ0n) is 16.0. The molecule has 0 aromatic heterocycles. The molecule has 0 saturated heterocycles. The van der Waals surface area contributed by atoms with Crippen LogP contribution in [0.5, 0.6) is 5.75 Å². The van der Waals surface area contributed by atoms with Crippen LogP contribution in [0.4, 0.5) is 0 Å². The lowest BCUT2D eigenvalue weighted by molar-refractivity contribution is 0.0692. The van der Waals surface area contributed by atoms with Gasteiger partial charge in [0.25, 0.3) is 0 Å². The number of hydrogen-bond donors (Lipinski definition) is 3. The number of aliphatic hydroxyl groups is 1. The Bertz CT molecular complexity index is 551. The molecule has 146 valence electrons. The number of aliphatic hydroxyl groups excluding tert-OH is 1. The molecule has 1 unspecified atom stereocenters. The zero-order valence-corrected chi connectivity index (χ0v) is 16.0. The second kappa shape index (κ2) is 13.4. The maximum atomic E-state index is 11.2. The first kappa shape index (κ1) is 22.2. The first-order valence-corrected chi connectivity index (χ1v) is 9.95. The van der Waals surface area contributed by atoms with Crippen LogP contribution in [-0.4, -0.2) is 27.4 Å². The summed E-state index contributed by atoms with van der Waals surface area (Å²) in [5.74, 6) is -1.21. The minimum atomic E-state index is -1.06. The fraction of sp³-hybridized carbons (Fsp3) is 0.591. The lowest BCUT2D eigenvalue weighted by Gasteiger charge is -2.07. The van der Waals surface area contributed by atoms with Gasteiger partial charge in [-0.1, -0.05) is 69.7 Å². The van der Waals surface area contributed by atoms with Crippen molar-refractivity contribution >= 4 is 5.97 Å². The molecule has 4 nitrogen and oxygen atoms in total. The van der Waals surface area contributed by atoms with Crippen molar-refractivity contribution in [2.75, 3.05) is 0 Å². The van der Waals surface area contributed by atoms with Crippen molar-refractivity contribution in [2.45, 2.75) is 83.7 Å². The molecular weight excluding hydrogens is 328 g/mol. The molecule has 0 aliphatic rings. The van der Waals surface area contributed by atoms with Gasteiger partial charge in [-0.05, 0) is 43.7 Å². The van der Waals surface area contributed by atoms with Crippen LogP contribution in [-0.2, 0) is 6.42 Å². The van der Waals surface area contributed by atoms with Crippen LogP contribution < -0.4 is 0 Å². The summed E-state index contributed by atoms with van der Waals surface area (Å²) in [6.07, 6.45) is 15.3. The van der Waals surface area contributed by atoms with E-state index in [2.05, 4.69) is 13.0 Å². The maximum Gasteiger partial charge on any atom is 0.339 e. The SMILES string of the molecule is CCCC(O)/C=C/CCCCCCCCCc1cccc(O)c1C(=O)O. The topological polar surface area (TPSA) is 77.8 Å². The van der Waals surface area contributed by atoms with Gasteiger partial charge in [-0.15, -0.1) is 0 Å². The molecule has 0 saturated carbocycles.